The number of carbonyl (C=O) groups excluding carboxylic acids is 2. The van der Waals surface area contributed by atoms with E-state index in [1.165, 1.54) is 4.90 Å². The summed E-state index contributed by atoms with van der Waals surface area (Å²) in [5.41, 5.74) is 1.69. The molecule has 0 aromatic heterocycles. The van der Waals surface area contributed by atoms with Crippen LogP contribution in [0, 0.1) is 6.92 Å². The fourth-order valence-corrected chi connectivity index (χ4v) is 1.77. The molecule has 0 spiro atoms. The van der Waals surface area contributed by atoms with Crippen LogP contribution >= 0.6 is 0 Å². The van der Waals surface area contributed by atoms with Crippen molar-refractivity contribution in [2.45, 2.75) is 13.3 Å². The van der Waals surface area contributed by atoms with Crippen LogP contribution in [0.2, 0.25) is 0 Å². The third kappa shape index (κ3) is 1.78. The predicted octanol–water partition coefficient (Wildman–Crippen LogP) is 1.78. The summed E-state index contributed by atoms with van der Waals surface area (Å²) in [7, 11) is 1.71. The molecular formula is C12H14N2O2. The van der Waals surface area contributed by atoms with E-state index in [2.05, 4.69) is 0 Å². The van der Waals surface area contributed by atoms with Crippen LogP contribution < -0.4 is 4.90 Å². The summed E-state index contributed by atoms with van der Waals surface area (Å²) >= 11 is 0. The molecule has 2 rings (SSSR count). The van der Waals surface area contributed by atoms with Crippen LogP contribution in [0.5, 0.6) is 0 Å². The number of amides is 3. The molecule has 16 heavy (non-hydrogen) atoms. The lowest BCUT2D eigenvalue weighted by Crippen LogP contribution is -2.50. The summed E-state index contributed by atoms with van der Waals surface area (Å²) < 4.78 is 0. The number of carbonyl (C=O) groups is 2. The van der Waals surface area contributed by atoms with Gasteiger partial charge in [-0.3, -0.25) is 4.79 Å². The van der Waals surface area contributed by atoms with E-state index in [1.807, 2.05) is 25.1 Å². The monoisotopic (exact) mass is 218 g/mol. The van der Waals surface area contributed by atoms with Gasteiger partial charge in [0.05, 0.1) is 5.69 Å². The van der Waals surface area contributed by atoms with E-state index in [0.29, 0.717) is 18.7 Å². The van der Waals surface area contributed by atoms with Gasteiger partial charge < -0.3 is 4.90 Å². The Kier molecular flexibility index (Phi) is 2.64. The topological polar surface area (TPSA) is 40.6 Å². The summed E-state index contributed by atoms with van der Waals surface area (Å²) in [5, 5.41) is 0. The first-order chi connectivity index (χ1) is 7.59. The third-order valence-electron chi connectivity index (χ3n) is 2.69. The Hall–Kier alpha value is -1.84. The summed E-state index contributed by atoms with van der Waals surface area (Å²) in [6, 6.07) is 7.16. The van der Waals surface area contributed by atoms with Crippen molar-refractivity contribution in [1.29, 1.82) is 0 Å². The van der Waals surface area contributed by atoms with Gasteiger partial charge in [-0.1, -0.05) is 12.1 Å². The maximum absolute atomic E-state index is 11.9. The second-order valence-corrected chi connectivity index (χ2v) is 4.02. The molecule has 0 aliphatic carbocycles. The molecule has 0 N–H and O–H groups in total. The number of aryl methyl sites for hydroxylation is 1. The van der Waals surface area contributed by atoms with Crippen molar-refractivity contribution >= 4 is 17.6 Å². The summed E-state index contributed by atoms with van der Waals surface area (Å²) in [6.45, 7) is 2.44. The Morgan fingerprint density at radius 3 is 2.69 bits per heavy atom. The lowest BCUT2D eigenvalue weighted by molar-refractivity contribution is -0.119. The molecule has 84 valence electrons. The highest BCUT2D eigenvalue weighted by atomic mass is 16.2. The van der Waals surface area contributed by atoms with Gasteiger partial charge in [-0.15, -0.1) is 0 Å². The SMILES string of the molecule is Cc1cccc(N2C(=O)CCN(C)C2=O)c1. The highest BCUT2D eigenvalue weighted by molar-refractivity contribution is 6.15. The standard InChI is InChI=1S/C12H14N2O2/c1-9-4-3-5-10(8-9)14-11(15)6-7-13(2)12(14)16/h3-5,8H,6-7H2,1-2H3. The average Bonchev–Trinajstić information content (AvgIpc) is 2.24. The molecular weight excluding hydrogens is 204 g/mol. The Labute approximate surface area is 94.5 Å². The minimum atomic E-state index is -0.248. The third-order valence-corrected chi connectivity index (χ3v) is 2.69. The lowest BCUT2D eigenvalue weighted by atomic mass is 10.2. The molecule has 3 amide bonds. The normalized spacial score (nSPS) is 16.9. The molecule has 1 aromatic carbocycles. The molecule has 0 radical (unpaired) electrons. The Morgan fingerprint density at radius 2 is 2.00 bits per heavy atom. The number of anilines is 1. The van der Waals surface area contributed by atoms with Crippen molar-refractivity contribution in [3.63, 3.8) is 0 Å². The minimum Gasteiger partial charge on any atom is -0.327 e. The fourth-order valence-electron chi connectivity index (χ4n) is 1.77. The van der Waals surface area contributed by atoms with Crippen molar-refractivity contribution in [2.24, 2.45) is 0 Å². The van der Waals surface area contributed by atoms with E-state index in [-0.39, 0.29) is 11.9 Å². The molecule has 1 fully saturated rings. The average molecular weight is 218 g/mol. The molecule has 0 saturated carbocycles. The first-order valence-electron chi connectivity index (χ1n) is 5.24. The lowest BCUT2D eigenvalue weighted by Gasteiger charge is -2.31. The first-order valence-corrected chi connectivity index (χ1v) is 5.24. The van der Waals surface area contributed by atoms with Gasteiger partial charge in [0.15, 0.2) is 0 Å². The molecule has 1 heterocycles. The Balaban J connectivity index is 2.37. The first kappa shape index (κ1) is 10.7. The smallest absolute Gasteiger partial charge is 0.327 e. The molecule has 4 nitrogen and oxygen atoms in total. The second-order valence-electron chi connectivity index (χ2n) is 4.02. The van der Waals surface area contributed by atoms with Crippen LogP contribution in [0.4, 0.5) is 10.5 Å². The number of benzene rings is 1. The maximum atomic E-state index is 11.9. The molecule has 1 aliphatic heterocycles. The maximum Gasteiger partial charge on any atom is 0.331 e. The zero-order chi connectivity index (χ0) is 11.7. The van der Waals surface area contributed by atoms with Crippen molar-refractivity contribution in [3.8, 4) is 0 Å². The van der Waals surface area contributed by atoms with E-state index < -0.39 is 0 Å². The van der Waals surface area contributed by atoms with Crippen molar-refractivity contribution in [3.05, 3.63) is 29.8 Å². The quantitative estimate of drug-likeness (QED) is 0.721. The van der Waals surface area contributed by atoms with Crippen LogP contribution in [0.3, 0.4) is 0 Å². The van der Waals surface area contributed by atoms with Crippen LogP contribution in [0.1, 0.15) is 12.0 Å². The molecule has 1 aliphatic rings. The van der Waals surface area contributed by atoms with E-state index in [1.54, 1.807) is 18.0 Å². The second kappa shape index (κ2) is 3.96. The number of rotatable bonds is 1. The summed E-state index contributed by atoms with van der Waals surface area (Å²) in [4.78, 5) is 26.4. The van der Waals surface area contributed by atoms with Gasteiger partial charge in [0.2, 0.25) is 5.91 Å². The van der Waals surface area contributed by atoms with Crippen LogP contribution in [0.25, 0.3) is 0 Å². The molecule has 0 atom stereocenters. The fraction of sp³-hybridized carbons (Fsp3) is 0.333. The van der Waals surface area contributed by atoms with Crippen molar-refractivity contribution < 1.29 is 9.59 Å². The number of urea groups is 1. The summed E-state index contributed by atoms with van der Waals surface area (Å²) in [6.07, 6.45) is 0.385. The zero-order valence-electron chi connectivity index (χ0n) is 9.43. The number of imide groups is 1. The van der Waals surface area contributed by atoms with Gasteiger partial charge >= 0.3 is 6.03 Å². The molecule has 1 saturated heterocycles. The van der Waals surface area contributed by atoms with Crippen LogP contribution in [-0.2, 0) is 4.79 Å². The van der Waals surface area contributed by atoms with Crippen molar-refractivity contribution in [2.75, 3.05) is 18.5 Å². The van der Waals surface area contributed by atoms with Gasteiger partial charge in [-0.2, -0.15) is 0 Å². The van der Waals surface area contributed by atoms with Gasteiger partial charge in [0.25, 0.3) is 0 Å². The molecule has 0 bridgehead atoms. The highest BCUT2D eigenvalue weighted by Crippen LogP contribution is 2.21. The highest BCUT2D eigenvalue weighted by Gasteiger charge is 2.30. The van der Waals surface area contributed by atoms with Gasteiger partial charge in [0, 0.05) is 20.0 Å². The van der Waals surface area contributed by atoms with Gasteiger partial charge in [-0.25, -0.2) is 9.69 Å². The number of nitrogens with zero attached hydrogens (tertiary/aromatic N) is 2. The Bertz CT molecular complexity index is 442. The van der Waals surface area contributed by atoms with Gasteiger partial charge in [-0.05, 0) is 24.6 Å². The van der Waals surface area contributed by atoms with Gasteiger partial charge in [0.1, 0.15) is 0 Å². The molecule has 1 aromatic rings. The zero-order valence-corrected chi connectivity index (χ0v) is 9.43. The number of hydrogen-bond acceptors (Lipinski definition) is 2. The molecule has 0 unspecified atom stereocenters. The Morgan fingerprint density at radius 1 is 1.25 bits per heavy atom. The van der Waals surface area contributed by atoms with E-state index in [0.717, 1.165) is 5.56 Å². The minimum absolute atomic E-state index is 0.131. The van der Waals surface area contributed by atoms with Crippen LogP contribution in [-0.4, -0.2) is 30.4 Å². The summed E-state index contributed by atoms with van der Waals surface area (Å²) in [5.74, 6) is -0.131. The van der Waals surface area contributed by atoms with Crippen LogP contribution in [0.15, 0.2) is 24.3 Å². The largest absolute Gasteiger partial charge is 0.331 e. The number of hydrogen-bond donors (Lipinski definition) is 0. The van der Waals surface area contributed by atoms with E-state index >= 15 is 0 Å². The van der Waals surface area contributed by atoms with E-state index in [4.69, 9.17) is 0 Å². The van der Waals surface area contributed by atoms with E-state index in [9.17, 15) is 9.59 Å². The molecule has 4 heteroatoms. The van der Waals surface area contributed by atoms with Crippen molar-refractivity contribution in [1.82, 2.24) is 4.90 Å². The predicted molar refractivity (Wildman–Crippen MR) is 61.3 cm³/mol.